The average Bonchev–Trinajstić information content (AvgIpc) is 1.96. The molecule has 72 valence electrons. The lowest BCUT2D eigenvalue weighted by Gasteiger charge is -2.12. The van der Waals surface area contributed by atoms with E-state index in [1.165, 1.54) is 18.5 Å². The lowest BCUT2D eigenvalue weighted by molar-refractivity contribution is 1.05. The van der Waals surface area contributed by atoms with E-state index in [9.17, 15) is 0 Å². The first kappa shape index (κ1) is 12.9. The minimum absolute atomic E-state index is 0.147. The molecule has 0 aliphatic carbocycles. The third-order valence-corrected chi connectivity index (χ3v) is 7.30. The van der Waals surface area contributed by atoms with Crippen LogP contribution in [0.3, 0.4) is 0 Å². The van der Waals surface area contributed by atoms with Gasteiger partial charge < -0.3 is 0 Å². The molecule has 0 aromatic rings. The highest BCUT2D eigenvalue weighted by Gasteiger charge is 2.14. The van der Waals surface area contributed by atoms with Crippen molar-refractivity contribution in [1.82, 2.24) is 0 Å². The fourth-order valence-corrected chi connectivity index (χ4v) is 5.17. The minimum atomic E-state index is -0.767. The number of allylic oxidation sites excluding steroid dienone is 2. The standard InChI is InChI=1S/C9H21ISi2/c1-5-9(2)11-7-6-8-12(3,4)10/h5H,6-8,11H2,1-4H3. The molecule has 0 spiro atoms. The molecule has 0 bridgehead atoms. The molecule has 0 N–H and O–H groups in total. The summed E-state index contributed by atoms with van der Waals surface area (Å²) in [4.78, 5) is 0. The van der Waals surface area contributed by atoms with Crippen LogP contribution in [0.15, 0.2) is 11.3 Å². The predicted molar refractivity (Wildman–Crippen MR) is 73.7 cm³/mol. The van der Waals surface area contributed by atoms with Crippen LogP contribution in [-0.4, -0.2) is 15.1 Å². The van der Waals surface area contributed by atoms with E-state index in [0.29, 0.717) is 0 Å². The Kier molecular flexibility index (Phi) is 6.85. The van der Waals surface area contributed by atoms with E-state index in [1.54, 1.807) is 5.20 Å². The van der Waals surface area contributed by atoms with Gasteiger partial charge in [0.1, 0.15) is 5.57 Å². The van der Waals surface area contributed by atoms with Gasteiger partial charge in [0.15, 0.2) is 0 Å². The van der Waals surface area contributed by atoms with Crippen LogP contribution in [0.4, 0.5) is 0 Å². The summed E-state index contributed by atoms with van der Waals surface area (Å²) in [5.74, 6) is 0. The maximum atomic E-state index is 2.68. The fraction of sp³-hybridized carbons (Fsp3) is 0.778. The van der Waals surface area contributed by atoms with Crippen molar-refractivity contribution >= 4 is 36.9 Å². The maximum absolute atomic E-state index is 2.68. The first-order chi connectivity index (χ1) is 5.45. The van der Waals surface area contributed by atoms with Gasteiger partial charge in [0.05, 0.1) is 0 Å². The van der Waals surface area contributed by atoms with Crippen molar-refractivity contribution in [2.45, 2.75) is 45.5 Å². The zero-order valence-electron chi connectivity index (χ0n) is 8.78. The number of hydrogen-bond acceptors (Lipinski definition) is 0. The van der Waals surface area contributed by atoms with E-state index in [0.717, 1.165) is 0 Å². The molecule has 0 radical (unpaired) electrons. The Hall–Kier alpha value is 0.904. The van der Waals surface area contributed by atoms with Crippen molar-refractivity contribution in [3.05, 3.63) is 11.3 Å². The van der Waals surface area contributed by atoms with Gasteiger partial charge in [0.2, 0.25) is 0 Å². The van der Waals surface area contributed by atoms with Crippen molar-refractivity contribution in [2.24, 2.45) is 0 Å². The lowest BCUT2D eigenvalue weighted by Crippen LogP contribution is -2.14. The molecule has 0 amide bonds. The van der Waals surface area contributed by atoms with Crippen LogP contribution in [-0.2, 0) is 0 Å². The topological polar surface area (TPSA) is 0 Å². The Morgan fingerprint density at radius 3 is 2.50 bits per heavy atom. The van der Waals surface area contributed by atoms with Gasteiger partial charge in [-0.05, 0) is 19.9 Å². The maximum Gasteiger partial charge on any atom is 0.119 e. The van der Waals surface area contributed by atoms with Crippen molar-refractivity contribution in [3.63, 3.8) is 0 Å². The van der Waals surface area contributed by atoms with Gasteiger partial charge in [-0.3, -0.25) is 0 Å². The molecule has 0 aliphatic heterocycles. The largest absolute Gasteiger partial charge is 0.119 e. The molecule has 3 heteroatoms. The Morgan fingerprint density at radius 2 is 2.08 bits per heavy atom. The molecule has 0 aliphatic rings. The monoisotopic (exact) mass is 312 g/mol. The van der Waals surface area contributed by atoms with Gasteiger partial charge in [0.25, 0.3) is 0 Å². The fourth-order valence-electron chi connectivity index (χ4n) is 1.09. The molecule has 0 saturated heterocycles. The van der Waals surface area contributed by atoms with Crippen molar-refractivity contribution in [3.8, 4) is 0 Å². The van der Waals surface area contributed by atoms with E-state index in [-0.39, 0.29) is 9.52 Å². The van der Waals surface area contributed by atoms with Crippen LogP contribution in [0.1, 0.15) is 20.3 Å². The van der Waals surface area contributed by atoms with E-state index < -0.39 is 5.57 Å². The average molecular weight is 312 g/mol. The van der Waals surface area contributed by atoms with Crippen LogP contribution in [0.25, 0.3) is 0 Å². The van der Waals surface area contributed by atoms with Crippen LogP contribution >= 0.6 is 21.8 Å². The predicted octanol–water partition coefficient (Wildman–Crippen LogP) is 3.53. The van der Waals surface area contributed by atoms with Crippen molar-refractivity contribution in [1.29, 1.82) is 0 Å². The summed E-state index contributed by atoms with van der Waals surface area (Å²) in [5.41, 5.74) is -0.767. The summed E-state index contributed by atoms with van der Waals surface area (Å²) in [6, 6.07) is 3.03. The van der Waals surface area contributed by atoms with Gasteiger partial charge in [-0.25, -0.2) is 0 Å². The number of hydrogen-bond donors (Lipinski definition) is 0. The minimum Gasteiger partial charge on any atom is -0.119 e. The smallest absolute Gasteiger partial charge is 0.119 e. The van der Waals surface area contributed by atoms with Gasteiger partial charge in [-0.15, -0.1) is 21.8 Å². The summed E-state index contributed by atoms with van der Waals surface area (Å²) in [7, 11) is 0.147. The summed E-state index contributed by atoms with van der Waals surface area (Å²) >= 11 is 2.68. The zero-order valence-corrected chi connectivity index (χ0v) is 13.4. The van der Waals surface area contributed by atoms with Crippen LogP contribution < -0.4 is 0 Å². The van der Waals surface area contributed by atoms with Gasteiger partial charge in [-0.1, -0.05) is 36.8 Å². The normalized spacial score (nSPS) is 14.6. The summed E-state index contributed by atoms with van der Waals surface area (Å²) in [5, 5.41) is 1.68. The second kappa shape index (κ2) is 6.37. The van der Waals surface area contributed by atoms with E-state index in [2.05, 4.69) is 54.8 Å². The first-order valence-corrected chi connectivity index (χ1v) is 12.8. The highest BCUT2D eigenvalue weighted by Crippen LogP contribution is 2.20. The van der Waals surface area contributed by atoms with Gasteiger partial charge in [-0.2, -0.15) is 0 Å². The molecule has 0 unspecified atom stereocenters. The second-order valence-electron chi connectivity index (χ2n) is 4.06. The Bertz CT molecular complexity index is 147. The molecule has 0 aromatic heterocycles. The summed E-state index contributed by atoms with van der Waals surface area (Å²) in [6.45, 7) is 9.37. The molecule has 12 heavy (non-hydrogen) atoms. The summed E-state index contributed by atoms with van der Waals surface area (Å²) < 4.78 is 0. The molecule has 0 fully saturated rings. The summed E-state index contributed by atoms with van der Waals surface area (Å²) in [6.07, 6.45) is 3.78. The lowest BCUT2D eigenvalue weighted by atomic mass is 10.6. The third kappa shape index (κ3) is 9.00. The van der Waals surface area contributed by atoms with Gasteiger partial charge >= 0.3 is 0 Å². The number of rotatable bonds is 5. The Labute approximate surface area is 93.3 Å². The molecular weight excluding hydrogens is 291 g/mol. The van der Waals surface area contributed by atoms with Crippen LogP contribution in [0.2, 0.25) is 25.2 Å². The molecule has 0 nitrogen and oxygen atoms in total. The third-order valence-electron chi connectivity index (χ3n) is 2.09. The van der Waals surface area contributed by atoms with Crippen LogP contribution in [0, 0.1) is 0 Å². The SMILES string of the molecule is CC=C(C)[SiH2]CCC[Si](C)(C)I. The molecule has 0 atom stereocenters. The highest BCUT2D eigenvalue weighted by atomic mass is 127. The van der Waals surface area contributed by atoms with Crippen molar-refractivity contribution < 1.29 is 0 Å². The van der Waals surface area contributed by atoms with Crippen molar-refractivity contribution in [2.75, 3.05) is 0 Å². The highest BCUT2D eigenvalue weighted by molar-refractivity contribution is 14.1. The molecule has 0 rings (SSSR count). The Morgan fingerprint density at radius 1 is 1.50 bits per heavy atom. The molecule has 0 aromatic carbocycles. The quantitative estimate of drug-likeness (QED) is 0.315. The second-order valence-corrected chi connectivity index (χ2v) is 19.1. The van der Waals surface area contributed by atoms with E-state index in [1.807, 2.05) is 0 Å². The van der Waals surface area contributed by atoms with Crippen LogP contribution in [0.5, 0.6) is 0 Å². The molecule has 0 heterocycles. The zero-order chi connectivity index (χ0) is 9.61. The Balaban J connectivity index is 3.34. The molecular formula is C9H21ISi2. The van der Waals surface area contributed by atoms with E-state index >= 15 is 0 Å². The van der Waals surface area contributed by atoms with E-state index in [4.69, 9.17) is 0 Å². The van der Waals surface area contributed by atoms with Gasteiger partial charge in [0, 0.05) is 9.52 Å². The molecule has 0 saturated carbocycles. The number of halogens is 1. The first-order valence-electron chi connectivity index (χ1n) is 4.76.